The van der Waals surface area contributed by atoms with Crippen molar-refractivity contribution in [3.8, 4) is 5.75 Å². The van der Waals surface area contributed by atoms with E-state index < -0.39 is 17.8 Å². The molecule has 0 saturated heterocycles. The van der Waals surface area contributed by atoms with E-state index >= 15 is 0 Å². The molecule has 0 aromatic heterocycles. The van der Waals surface area contributed by atoms with Crippen LogP contribution in [0.4, 0.5) is 4.39 Å². The minimum Gasteiger partial charge on any atom is -0.508 e. The fraction of sp³-hybridized carbons (Fsp3) is 0.417. The van der Waals surface area contributed by atoms with Gasteiger partial charge in [-0.15, -0.1) is 0 Å². The molecular weight excluding hydrogens is 225 g/mol. The Morgan fingerprint density at radius 1 is 1.47 bits per heavy atom. The Morgan fingerprint density at radius 2 is 2.12 bits per heavy atom. The van der Waals surface area contributed by atoms with Crippen LogP contribution in [0.25, 0.3) is 0 Å². The highest BCUT2D eigenvalue weighted by Gasteiger charge is 2.25. The van der Waals surface area contributed by atoms with Crippen LogP contribution in [0.5, 0.6) is 5.75 Å². The number of rotatable bonds is 4. The van der Waals surface area contributed by atoms with Crippen LogP contribution in [0.15, 0.2) is 18.2 Å². The van der Waals surface area contributed by atoms with Crippen LogP contribution in [-0.2, 0) is 9.53 Å². The normalized spacial score (nSPS) is 12.5. The Balaban J connectivity index is 3.11. The van der Waals surface area contributed by atoms with Crippen molar-refractivity contribution in [2.45, 2.75) is 25.9 Å². The van der Waals surface area contributed by atoms with Gasteiger partial charge in [-0.25, -0.2) is 9.18 Å². The average molecular weight is 241 g/mol. The zero-order valence-electron chi connectivity index (χ0n) is 10.0. The number of ether oxygens (including phenoxy) is 1. The van der Waals surface area contributed by atoms with Gasteiger partial charge in [-0.1, -0.05) is 0 Å². The number of hydrogen-bond acceptors (Lipinski definition) is 4. The first-order chi connectivity index (χ1) is 7.95. The second kappa shape index (κ2) is 5.63. The Kier molecular flexibility index (Phi) is 4.45. The van der Waals surface area contributed by atoms with E-state index in [-0.39, 0.29) is 17.4 Å². The van der Waals surface area contributed by atoms with Crippen molar-refractivity contribution in [1.82, 2.24) is 5.32 Å². The van der Waals surface area contributed by atoms with Gasteiger partial charge < -0.3 is 9.84 Å². The summed E-state index contributed by atoms with van der Waals surface area (Å²) in [6, 6.07) is 2.56. The summed E-state index contributed by atoms with van der Waals surface area (Å²) in [4.78, 5) is 11.6. The molecule has 0 aliphatic rings. The van der Waals surface area contributed by atoms with Gasteiger partial charge in [0.15, 0.2) is 0 Å². The zero-order chi connectivity index (χ0) is 13.0. The summed E-state index contributed by atoms with van der Waals surface area (Å²) in [5.41, 5.74) is 0.172. The topological polar surface area (TPSA) is 58.6 Å². The van der Waals surface area contributed by atoms with Crippen molar-refractivity contribution < 1.29 is 19.0 Å². The first kappa shape index (κ1) is 13.4. The number of carbonyl (C=O) groups excluding carboxylic acids is 1. The summed E-state index contributed by atoms with van der Waals surface area (Å²) in [6.07, 6.45) is 0. The number of esters is 1. The van der Waals surface area contributed by atoms with Gasteiger partial charge in [0, 0.05) is 11.6 Å². The number of methoxy groups -OCH3 is 1. The van der Waals surface area contributed by atoms with Crippen LogP contribution in [0.2, 0.25) is 0 Å². The van der Waals surface area contributed by atoms with Crippen LogP contribution >= 0.6 is 0 Å². The van der Waals surface area contributed by atoms with Gasteiger partial charge in [0.25, 0.3) is 0 Å². The average Bonchev–Trinajstić information content (AvgIpc) is 2.28. The molecule has 2 N–H and O–H groups in total. The number of halogens is 1. The van der Waals surface area contributed by atoms with E-state index in [1.165, 1.54) is 13.2 Å². The minimum absolute atomic E-state index is 0.0123. The Hall–Kier alpha value is -1.62. The summed E-state index contributed by atoms with van der Waals surface area (Å²) in [6.45, 7) is 3.68. The predicted octanol–water partition coefficient (Wildman–Crippen LogP) is 1.74. The maximum Gasteiger partial charge on any atom is 0.327 e. The van der Waals surface area contributed by atoms with Gasteiger partial charge in [-0.3, -0.25) is 5.32 Å². The van der Waals surface area contributed by atoms with Crippen LogP contribution in [0, 0.1) is 5.82 Å². The summed E-state index contributed by atoms with van der Waals surface area (Å²) in [5, 5.41) is 12.6. The maximum absolute atomic E-state index is 13.1. The zero-order valence-corrected chi connectivity index (χ0v) is 10.0. The van der Waals surface area contributed by atoms with Crippen molar-refractivity contribution in [2.24, 2.45) is 0 Å². The van der Waals surface area contributed by atoms with Crippen molar-refractivity contribution in [1.29, 1.82) is 0 Å². The number of aromatic hydroxyl groups is 1. The third kappa shape index (κ3) is 3.42. The smallest absolute Gasteiger partial charge is 0.327 e. The molecule has 0 bridgehead atoms. The summed E-state index contributed by atoms with van der Waals surface area (Å²) >= 11 is 0. The molecule has 0 fully saturated rings. The Morgan fingerprint density at radius 3 is 2.65 bits per heavy atom. The lowest BCUT2D eigenvalue weighted by molar-refractivity contribution is -0.143. The highest BCUT2D eigenvalue weighted by molar-refractivity contribution is 5.78. The lowest BCUT2D eigenvalue weighted by atomic mass is 10.0. The third-order valence-electron chi connectivity index (χ3n) is 2.24. The van der Waals surface area contributed by atoms with Gasteiger partial charge in [0.05, 0.1) is 7.11 Å². The number of benzene rings is 1. The first-order valence-corrected chi connectivity index (χ1v) is 5.28. The Labute approximate surface area is 99.4 Å². The van der Waals surface area contributed by atoms with Crippen molar-refractivity contribution in [2.75, 3.05) is 7.11 Å². The van der Waals surface area contributed by atoms with Crippen molar-refractivity contribution in [3.63, 3.8) is 0 Å². The quantitative estimate of drug-likeness (QED) is 0.788. The largest absolute Gasteiger partial charge is 0.508 e. The second-order valence-electron chi connectivity index (χ2n) is 3.98. The van der Waals surface area contributed by atoms with E-state index in [1.807, 2.05) is 13.8 Å². The highest BCUT2D eigenvalue weighted by Crippen LogP contribution is 2.26. The predicted molar refractivity (Wildman–Crippen MR) is 61.1 cm³/mol. The van der Waals surface area contributed by atoms with Crippen molar-refractivity contribution in [3.05, 3.63) is 29.6 Å². The molecule has 5 heteroatoms. The number of carbonyl (C=O) groups is 1. The maximum atomic E-state index is 13.1. The molecule has 0 aliphatic carbocycles. The van der Waals surface area contributed by atoms with Gasteiger partial charge in [0.2, 0.25) is 0 Å². The molecule has 0 heterocycles. The minimum atomic E-state index is -0.879. The number of phenols is 1. The SMILES string of the molecule is COC(=O)C(NC(C)C)c1cc(F)ccc1O. The standard InChI is InChI=1S/C12H16FNO3/c1-7(2)14-11(12(16)17-3)9-6-8(13)4-5-10(9)15/h4-7,11,14-15H,1-3H3. The molecule has 4 nitrogen and oxygen atoms in total. The van der Waals surface area contributed by atoms with Crippen LogP contribution in [0.1, 0.15) is 25.5 Å². The molecule has 0 aliphatic heterocycles. The van der Waals surface area contributed by atoms with E-state index in [9.17, 15) is 14.3 Å². The summed E-state index contributed by atoms with van der Waals surface area (Å²) < 4.78 is 17.7. The van der Waals surface area contributed by atoms with E-state index in [0.29, 0.717) is 0 Å². The molecule has 0 saturated carbocycles. The molecule has 94 valence electrons. The molecule has 1 aromatic rings. The molecule has 0 radical (unpaired) electrons. The third-order valence-corrected chi connectivity index (χ3v) is 2.24. The second-order valence-corrected chi connectivity index (χ2v) is 3.98. The molecule has 17 heavy (non-hydrogen) atoms. The van der Waals surface area contributed by atoms with Gasteiger partial charge in [0.1, 0.15) is 17.6 Å². The lowest BCUT2D eigenvalue weighted by Gasteiger charge is -2.20. The number of hydrogen-bond donors (Lipinski definition) is 2. The van der Waals surface area contributed by atoms with E-state index in [1.54, 1.807) is 0 Å². The fourth-order valence-corrected chi connectivity index (χ4v) is 1.49. The molecule has 0 spiro atoms. The molecule has 1 unspecified atom stereocenters. The molecule has 1 atom stereocenters. The van der Waals surface area contributed by atoms with Crippen molar-refractivity contribution >= 4 is 5.97 Å². The number of nitrogens with one attached hydrogen (secondary N) is 1. The van der Waals surface area contributed by atoms with E-state index in [2.05, 4.69) is 10.1 Å². The van der Waals surface area contributed by atoms with Gasteiger partial charge in [-0.2, -0.15) is 0 Å². The summed E-state index contributed by atoms with van der Waals surface area (Å²) in [5.74, 6) is -1.23. The highest BCUT2D eigenvalue weighted by atomic mass is 19.1. The summed E-state index contributed by atoms with van der Waals surface area (Å²) in [7, 11) is 1.24. The fourth-order valence-electron chi connectivity index (χ4n) is 1.49. The first-order valence-electron chi connectivity index (χ1n) is 5.28. The van der Waals surface area contributed by atoms with Crippen LogP contribution < -0.4 is 5.32 Å². The van der Waals surface area contributed by atoms with Crippen LogP contribution in [-0.4, -0.2) is 24.2 Å². The molecule has 0 amide bonds. The molecule has 1 aromatic carbocycles. The van der Waals surface area contributed by atoms with Crippen LogP contribution in [0.3, 0.4) is 0 Å². The van der Waals surface area contributed by atoms with Gasteiger partial charge in [-0.05, 0) is 32.0 Å². The monoisotopic (exact) mass is 241 g/mol. The molecule has 1 rings (SSSR count). The lowest BCUT2D eigenvalue weighted by Crippen LogP contribution is -2.34. The van der Waals surface area contributed by atoms with E-state index in [4.69, 9.17) is 0 Å². The van der Waals surface area contributed by atoms with E-state index in [0.717, 1.165) is 12.1 Å². The van der Waals surface area contributed by atoms with Gasteiger partial charge >= 0.3 is 5.97 Å². The number of phenolic OH excluding ortho intramolecular Hbond substituents is 1. The molecular formula is C12H16FNO3. The Bertz CT molecular complexity index is 407.